The molecule has 88 valence electrons. The van der Waals surface area contributed by atoms with Crippen molar-refractivity contribution in [2.45, 2.75) is 64.0 Å². The van der Waals surface area contributed by atoms with Crippen molar-refractivity contribution in [2.75, 3.05) is 13.1 Å². The van der Waals surface area contributed by atoms with E-state index in [4.69, 9.17) is 0 Å². The Balaban J connectivity index is 1.79. The summed E-state index contributed by atoms with van der Waals surface area (Å²) in [5.74, 6) is 0.939. The Bertz CT molecular complexity index is 195. The van der Waals surface area contributed by atoms with Crippen LogP contribution in [-0.4, -0.2) is 35.2 Å². The van der Waals surface area contributed by atoms with Crippen molar-refractivity contribution >= 4 is 0 Å². The van der Waals surface area contributed by atoms with Gasteiger partial charge < -0.3 is 10.0 Å². The lowest BCUT2D eigenvalue weighted by atomic mass is 9.92. The van der Waals surface area contributed by atoms with Gasteiger partial charge in [-0.05, 0) is 51.0 Å². The van der Waals surface area contributed by atoms with Gasteiger partial charge in [-0.3, -0.25) is 0 Å². The lowest BCUT2D eigenvalue weighted by Crippen LogP contribution is -2.38. The number of rotatable bonds is 3. The van der Waals surface area contributed by atoms with Gasteiger partial charge in [-0.15, -0.1) is 0 Å². The summed E-state index contributed by atoms with van der Waals surface area (Å²) in [7, 11) is 0. The van der Waals surface area contributed by atoms with E-state index in [9.17, 15) is 5.11 Å². The third-order valence-corrected chi connectivity index (χ3v) is 4.15. The second kappa shape index (κ2) is 5.31. The molecule has 2 heteroatoms. The van der Waals surface area contributed by atoms with Gasteiger partial charge in [0.1, 0.15) is 0 Å². The standard InChI is InChI=1S/C13H25NO/c1-2-4-11-7-8-14(10-11)12-5-3-6-13(15)9-12/h11-13,15H,2-10H2,1H3. The van der Waals surface area contributed by atoms with Crippen molar-refractivity contribution in [3.05, 3.63) is 0 Å². The molecule has 0 aromatic carbocycles. The average Bonchev–Trinajstić information content (AvgIpc) is 2.67. The minimum absolute atomic E-state index is 0.0195. The van der Waals surface area contributed by atoms with Gasteiger partial charge >= 0.3 is 0 Å². The molecule has 0 spiro atoms. The maximum atomic E-state index is 9.68. The van der Waals surface area contributed by atoms with E-state index in [1.165, 1.54) is 45.2 Å². The van der Waals surface area contributed by atoms with Crippen LogP contribution >= 0.6 is 0 Å². The van der Waals surface area contributed by atoms with Crippen LogP contribution in [0.1, 0.15) is 51.9 Å². The van der Waals surface area contributed by atoms with E-state index in [1.807, 2.05) is 0 Å². The molecule has 1 saturated heterocycles. The van der Waals surface area contributed by atoms with Gasteiger partial charge in [0.05, 0.1) is 6.10 Å². The van der Waals surface area contributed by atoms with Gasteiger partial charge in [0.25, 0.3) is 0 Å². The summed E-state index contributed by atoms with van der Waals surface area (Å²) in [5, 5.41) is 9.68. The second-order valence-electron chi connectivity index (χ2n) is 5.41. The molecule has 2 rings (SSSR count). The Hall–Kier alpha value is -0.0800. The normalized spacial score (nSPS) is 38.4. The molecule has 0 aromatic rings. The van der Waals surface area contributed by atoms with Gasteiger partial charge in [-0.25, -0.2) is 0 Å². The van der Waals surface area contributed by atoms with E-state index in [1.54, 1.807) is 0 Å². The number of hydrogen-bond donors (Lipinski definition) is 1. The molecule has 2 nitrogen and oxygen atoms in total. The SMILES string of the molecule is CCCC1CCN(C2CCCC(O)C2)C1. The van der Waals surface area contributed by atoms with E-state index in [-0.39, 0.29) is 6.10 Å². The lowest BCUT2D eigenvalue weighted by molar-refractivity contribution is 0.0704. The van der Waals surface area contributed by atoms with Crippen LogP contribution in [0.2, 0.25) is 0 Å². The Labute approximate surface area is 93.7 Å². The van der Waals surface area contributed by atoms with Crippen molar-refractivity contribution < 1.29 is 5.11 Å². The van der Waals surface area contributed by atoms with E-state index >= 15 is 0 Å². The predicted molar refractivity (Wildman–Crippen MR) is 62.9 cm³/mol. The highest BCUT2D eigenvalue weighted by Gasteiger charge is 2.30. The van der Waals surface area contributed by atoms with E-state index in [0.717, 1.165) is 18.8 Å². The predicted octanol–water partition coefficient (Wildman–Crippen LogP) is 2.41. The van der Waals surface area contributed by atoms with E-state index in [0.29, 0.717) is 6.04 Å². The fourth-order valence-corrected chi connectivity index (χ4v) is 3.31. The van der Waals surface area contributed by atoms with Crippen LogP contribution in [0.15, 0.2) is 0 Å². The molecule has 0 bridgehead atoms. The molecule has 0 aromatic heterocycles. The monoisotopic (exact) mass is 211 g/mol. The van der Waals surface area contributed by atoms with Crippen LogP contribution in [0.5, 0.6) is 0 Å². The molecule has 15 heavy (non-hydrogen) atoms. The highest BCUT2D eigenvalue weighted by atomic mass is 16.3. The highest BCUT2D eigenvalue weighted by Crippen LogP contribution is 2.29. The van der Waals surface area contributed by atoms with Crippen molar-refractivity contribution in [1.82, 2.24) is 4.90 Å². The molecule has 0 amide bonds. The van der Waals surface area contributed by atoms with Gasteiger partial charge in [0, 0.05) is 12.6 Å². The zero-order valence-electron chi connectivity index (χ0n) is 9.99. The number of aliphatic hydroxyl groups is 1. The Morgan fingerprint density at radius 1 is 1.27 bits per heavy atom. The van der Waals surface area contributed by atoms with E-state index in [2.05, 4.69) is 11.8 Å². The first-order chi connectivity index (χ1) is 7.29. The summed E-state index contributed by atoms with van der Waals surface area (Å²) < 4.78 is 0. The van der Waals surface area contributed by atoms with Crippen LogP contribution < -0.4 is 0 Å². The molecule has 2 aliphatic rings. The molecule has 3 unspecified atom stereocenters. The maximum Gasteiger partial charge on any atom is 0.0555 e. The molecule has 1 aliphatic carbocycles. The minimum atomic E-state index is -0.0195. The first-order valence-corrected chi connectivity index (χ1v) is 6.71. The molecule has 1 saturated carbocycles. The van der Waals surface area contributed by atoms with Gasteiger partial charge in [0.15, 0.2) is 0 Å². The first-order valence-electron chi connectivity index (χ1n) is 6.71. The van der Waals surface area contributed by atoms with Crippen LogP contribution in [0.25, 0.3) is 0 Å². The smallest absolute Gasteiger partial charge is 0.0555 e. The quantitative estimate of drug-likeness (QED) is 0.775. The van der Waals surface area contributed by atoms with E-state index < -0.39 is 0 Å². The van der Waals surface area contributed by atoms with Gasteiger partial charge in [-0.2, -0.15) is 0 Å². The summed E-state index contributed by atoms with van der Waals surface area (Å²) in [4.78, 5) is 2.64. The average molecular weight is 211 g/mol. The first kappa shape index (κ1) is 11.4. The number of hydrogen-bond acceptors (Lipinski definition) is 2. The summed E-state index contributed by atoms with van der Waals surface area (Å²) in [6.45, 7) is 4.86. The summed E-state index contributed by atoms with van der Waals surface area (Å²) >= 11 is 0. The van der Waals surface area contributed by atoms with Crippen LogP contribution in [0, 0.1) is 5.92 Å². The number of likely N-dealkylation sites (tertiary alicyclic amines) is 1. The molecule has 0 radical (unpaired) electrons. The Morgan fingerprint density at radius 3 is 2.87 bits per heavy atom. The van der Waals surface area contributed by atoms with Crippen molar-refractivity contribution in [2.24, 2.45) is 5.92 Å². The topological polar surface area (TPSA) is 23.5 Å². The van der Waals surface area contributed by atoms with Gasteiger partial charge in [-0.1, -0.05) is 13.3 Å². The third-order valence-electron chi connectivity index (χ3n) is 4.15. The zero-order valence-corrected chi connectivity index (χ0v) is 9.99. The zero-order chi connectivity index (χ0) is 10.7. The number of nitrogens with zero attached hydrogens (tertiary/aromatic N) is 1. The van der Waals surface area contributed by atoms with Crippen molar-refractivity contribution in [3.63, 3.8) is 0 Å². The number of aliphatic hydroxyl groups excluding tert-OH is 1. The Kier molecular flexibility index (Phi) is 4.04. The van der Waals surface area contributed by atoms with Crippen molar-refractivity contribution in [3.8, 4) is 0 Å². The Morgan fingerprint density at radius 2 is 2.13 bits per heavy atom. The van der Waals surface area contributed by atoms with Crippen LogP contribution in [-0.2, 0) is 0 Å². The molecule has 1 aliphatic heterocycles. The molecule has 3 atom stereocenters. The highest BCUT2D eigenvalue weighted by molar-refractivity contribution is 4.85. The summed E-state index contributed by atoms with van der Waals surface area (Å²) in [6.07, 6.45) is 8.69. The summed E-state index contributed by atoms with van der Waals surface area (Å²) in [5.41, 5.74) is 0. The molecular formula is C13H25NO. The fourth-order valence-electron chi connectivity index (χ4n) is 3.31. The molecule has 2 fully saturated rings. The maximum absolute atomic E-state index is 9.68. The molecule has 1 heterocycles. The van der Waals surface area contributed by atoms with Crippen LogP contribution in [0.3, 0.4) is 0 Å². The van der Waals surface area contributed by atoms with Crippen LogP contribution in [0.4, 0.5) is 0 Å². The van der Waals surface area contributed by atoms with Gasteiger partial charge in [0.2, 0.25) is 0 Å². The second-order valence-corrected chi connectivity index (χ2v) is 5.41. The summed E-state index contributed by atoms with van der Waals surface area (Å²) in [6, 6.07) is 0.690. The molecule has 1 N–H and O–H groups in total. The third kappa shape index (κ3) is 2.94. The lowest BCUT2D eigenvalue weighted by Gasteiger charge is -2.33. The fraction of sp³-hybridized carbons (Fsp3) is 1.00. The van der Waals surface area contributed by atoms with Crippen molar-refractivity contribution in [1.29, 1.82) is 0 Å². The largest absolute Gasteiger partial charge is 0.393 e. The minimum Gasteiger partial charge on any atom is -0.393 e. The molecular weight excluding hydrogens is 186 g/mol.